The number of thiocarbonyl (C=S) groups is 1. The Morgan fingerprint density at radius 2 is 1.78 bits per heavy atom. The van der Waals surface area contributed by atoms with Gasteiger partial charge in [0.05, 0.1) is 31.5 Å². The van der Waals surface area contributed by atoms with Crippen LogP contribution in [0.15, 0.2) is 78.9 Å². The monoisotopic (exact) mass is 526 g/mol. The molecule has 6 nitrogen and oxygen atoms in total. The molecule has 37 heavy (non-hydrogen) atoms. The van der Waals surface area contributed by atoms with Gasteiger partial charge in [-0.3, -0.25) is 10.1 Å². The Balaban J connectivity index is 1.52. The van der Waals surface area contributed by atoms with Crippen molar-refractivity contribution < 1.29 is 28.2 Å². The van der Waals surface area contributed by atoms with E-state index in [2.05, 4.69) is 10.6 Å². The lowest BCUT2D eigenvalue weighted by atomic mass is 9.74. The topological polar surface area (TPSA) is 79.8 Å². The van der Waals surface area contributed by atoms with Gasteiger partial charge in [-0.15, -0.1) is 0 Å². The molecule has 3 aromatic carbocycles. The summed E-state index contributed by atoms with van der Waals surface area (Å²) < 4.78 is 40.7. The van der Waals surface area contributed by atoms with Gasteiger partial charge in [0.15, 0.2) is 5.11 Å². The second kappa shape index (κ2) is 12.3. The van der Waals surface area contributed by atoms with E-state index in [1.807, 2.05) is 30.3 Å². The largest absolute Gasteiger partial charge is 0.396 e. The minimum Gasteiger partial charge on any atom is -0.396 e. The second-order valence-electron chi connectivity index (χ2n) is 8.92. The predicted molar refractivity (Wildman–Crippen MR) is 139 cm³/mol. The van der Waals surface area contributed by atoms with E-state index in [0.717, 1.165) is 17.7 Å². The summed E-state index contributed by atoms with van der Waals surface area (Å²) in [5, 5.41) is 15.9. The third-order valence-corrected chi connectivity index (χ3v) is 6.64. The number of hydrogen-bond acceptors (Lipinski definition) is 5. The molecule has 0 aliphatic carbocycles. The summed E-state index contributed by atoms with van der Waals surface area (Å²) in [6.07, 6.45) is -0.0589. The zero-order valence-corrected chi connectivity index (χ0v) is 20.8. The Hall–Kier alpha value is -3.24. The van der Waals surface area contributed by atoms with Crippen molar-refractivity contribution in [2.24, 2.45) is 5.92 Å². The van der Waals surface area contributed by atoms with Gasteiger partial charge < -0.3 is 19.9 Å². The van der Waals surface area contributed by atoms with Crippen LogP contribution in [0.5, 0.6) is 0 Å². The molecule has 1 aliphatic rings. The Kier molecular flexibility index (Phi) is 8.94. The number of nitrogens with one attached hydrogen (secondary N) is 2. The molecule has 3 aromatic rings. The summed E-state index contributed by atoms with van der Waals surface area (Å²) in [6, 6.07) is 21.4. The van der Waals surface area contributed by atoms with Crippen LogP contribution in [0.2, 0.25) is 0 Å². The van der Waals surface area contributed by atoms with Crippen molar-refractivity contribution in [1.82, 2.24) is 10.6 Å². The standard InChI is InChI=1S/C28H28F2N2O4S/c29-22-11-12-24(25(30)14-22)28(32-27(37)31-26(34)20-9-5-2-6-10-20)18-36-23(13-21(28)15-33)17-35-16-19-7-3-1-4-8-19/h1-12,14,21,23,33H,13,15-18H2,(H2,31,32,34,37). The smallest absolute Gasteiger partial charge is 0.257 e. The fourth-order valence-electron chi connectivity index (χ4n) is 4.54. The van der Waals surface area contributed by atoms with Crippen LogP contribution >= 0.6 is 12.2 Å². The predicted octanol–water partition coefficient (Wildman–Crippen LogP) is 4.08. The van der Waals surface area contributed by atoms with Crippen LogP contribution in [0.1, 0.15) is 27.9 Å². The van der Waals surface area contributed by atoms with Crippen LogP contribution < -0.4 is 10.6 Å². The van der Waals surface area contributed by atoms with E-state index in [0.29, 0.717) is 18.6 Å². The Bertz CT molecular complexity index is 1220. The number of benzene rings is 3. The maximum Gasteiger partial charge on any atom is 0.257 e. The molecule has 3 unspecified atom stereocenters. The molecule has 0 aromatic heterocycles. The third-order valence-electron chi connectivity index (χ3n) is 6.44. The van der Waals surface area contributed by atoms with Gasteiger partial charge >= 0.3 is 0 Å². The second-order valence-corrected chi connectivity index (χ2v) is 9.33. The maximum atomic E-state index is 15.1. The van der Waals surface area contributed by atoms with Crippen LogP contribution in [0.4, 0.5) is 8.78 Å². The normalized spacial score (nSPS) is 21.3. The highest BCUT2D eigenvalue weighted by molar-refractivity contribution is 7.80. The molecule has 9 heteroatoms. The lowest BCUT2D eigenvalue weighted by Crippen LogP contribution is -2.62. The zero-order chi connectivity index (χ0) is 26.3. The van der Waals surface area contributed by atoms with Crippen LogP contribution in [-0.2, 0) is 21.6 Å². The third kappa shape index (κ3) is 6.56. The number of ether oxygens (including phenoxy) is 2. The van der Waals surface area contributed by atoms with E-state index in [9.17, 15) is 14.3 Å². The van der Waals surface area contributed by atoms with Gasteiger partial charge in [0, 0.05) is 29.7 Å². The molecule has 1 aliphatic heterocycles. The number of hydrogen-bond donors (Lipinski definition) is 3. The van der Waals surface area contributed by atoms with E-state index in [1.165, 1.54) is 6.07 Å². The van der Waals surface area contributed by atoms with Crippen LogP contribution in [-0.4, -0.2) is 42.1 Å². The van der Waals surface area contributed by atoms with Gasteiger partial charge in [-0.25, -0.2) is 8.78 Å². The first-order valence-corrected chi connectivity index (χ1v) is 12.3. The number of carbonyl (C=O) groups is 1. The lowest BCUT2D eigenvalue weighted by Gasteiger charge is -2.47. The van der Waals surface area contributed by atoms with E-state index in [-0.39, 0.29) is 36.6 Å². The van der Waals surface area contributed by atoms with Crippen molar-refractivity contribution >= 4 is 23.2 Å². The van der Waals surface area contributed by atoms with Gasteiger partial charge in [0.2, 0.25) is 0 Å². The molecule has 0 spiro atoms. The van der Waals surface area contributed by atoms with Crippen molar-refractivity contribution in [3.8, 4) is 0 Å². The number of amides is 1. The molecule has 0 radical (unpaired) electrons. The minimum atomic E-state index is -1.36. The van der Waals surface area contributed by atoms with E-state index < -0.39 is 29.0 Å². The summed E-state index contributed by atoms with van der Waals surface area (Å²) >= 11 is 5.40. The number of aliphatic hydroxyl groups excluding tert-OH is 1. The Morgan fingerprint density at radius 1 is 1.08 bits per heavy atom. The average molecular weight is 527 g/mol. The molecule has 3 N–H and O–H groups in total. The molecule has 4 rings (SSSR count). The summed E-state index contributed by atoms with van der Waals surface area (Å²) in [4.78, 5) is 12.6. The van der Waals surface area contributed by atoms with Gasteiger partial charge in [0.1, 0.15) is 11.6 Å². The minimum absolute atomic E-state index is 0.0709. The summed E-state index contributed by atoms with van der Waals surface area (Å²) in [5.74, 6) is -2.58. The van der Waals surface area contributed by atoms with Crippen molar-refractivity contribution in [2.75, 3.05) is 19.8 Å². The molecule has 1 fully saturated rings. The number of rotatable bonds is 8. The average Bonchev–Trinajstić information content (AvgIpc) is 2.90. The highest BCUT2D eigenvalue weighted by Crippen LogP contribution is 2.39. The molecule has 1 saturated heterocycles. The summed E-state index contributed by atoms with van der Waals surface area (Å²) in [7, 11) is 0. The highest BCUT2D eigenvalue weighted by Gasteiger charge is 2.48. The van der Waals surface area contributed by atoms with E-state index >= 15 is 4.39 Å². The first-order chi connectivity index (χ1) is 17.9. The summed E-state index contributed by atoms with van der Waals surface area (Å²) in [6.45, 7) is 0.234. The van der Waals surface area contributed by atoms with Gasteiger partial charge in [-0.2, -0.15) is 0 Å². The first-order valence-electron chi connectivity index (χ1n) is 11.9. The maximum absolute atomic E-state index is 15.1. The quantitative estimate of drug-likeness (QED) is 0.384. The Morgan fingerprint density at radius 3 is 2.46 bits per heavy atom. The number of carbonyl (C=O) groups excluding carboxylic acids is 1. The van der Waals surface area contributed by atoms with E-state index in [4.69, 9.17) is 21.7 Å². The Labute approximate surface area is 219 Å². The van der Waals surface area contributed by atoms with Gasteiger partial charge in [0.25, 0.3) is 5.91 Å². The van der Waals surface area contributed by atoms with Crippen LogP contribution in [0.25, 0.3) is 0 Å². The molecule has 3 atom stereocenters. The molecule has 0 bridgehead atoms. The van der Waals surface area contributed by atoms with Crippen LogP contribution in [0, 0.1) is 17.6 Å². The summed E-state index contributed by atoms with van der Waals surface area (Å²) in [5.41, 5.74) is 0.125. The lowest BCUT2D eigenvalue weighted by molar-refractivity contribution is -0.111. The van der Waals surface area contributed by atoms with Crippen molar-refractivity contribution in [3.05, 3.63) is 107 Å². The zero-order valence-electron chi connectivity index (χ0n) is 20.0. The van der Waals surface area contributed by atoms with Crippen molar-refractivity contribution in [3.63, 3.8) is 0 Å². The van der Waals surface area contributed by atoms with E-state index in [1.54, 1.807) is 30.3 Å². The molecule has 0 saturated carbocycles. The SMILES string of the molecule is O=C(NC(=S)NC1(c2ccc(F)cc2F)COC(COCc2ccccc2)CC1CO)c1ccccc1. The molecular weight excluding hydrogens is 498 g/mol. The van der Waals surface area contributed by atoms with Crippen molar-refractivity contribution in [1.29, 1.82) is 0 Å². The number of halogens is 2. The molecule has 1 amide bonds. The van der Waals surface area contributed by atoms with Gasteiger partial charge in [-0.1, -0.05) is 54.6 Å². The fraction of sp³-hybridized carbons (Fsp3) is 0.286. The first kappa shape index (κ1) is 26.8. The molecular formula is C28H28F2N2O4S. The van der Waals surface area contributed by atoms with Crippen LogP contribution in [0.3, 0.4) is 0 Å². The van der Waals surface area contributed by atoms with Gasteiger partial charge in [-0.05, 0) is 42.4 Å². The van der Waals surface area contributed by atoms with Crippen molar-refractivity contribution in [2.45, 2.75) is 24.7 Å². The molecule has 194 valence electrons. The fourth-order valence-corrected chi connectivity index (χ4v) is 4.81. The molecule has 1 heterocycles. The highest BCUT2D eigenvalue weighted by atomic mass is 32.1. The number of aliphatic hydroxyl groups is 1.